The normalized spacial score (nSPS) is 11.9. The van der Waals surface area contributed by atoms with E-state index in [9.17, 15) is 18.0 Å². The summed E-state index contributed by atoms with van der Waals surface area (Å²) in [6.45, 7) is 3.36. The van der Waals surface area contributed by atoms with Crippen LogP contribution in [0.15, 0.2) is 112 Å². The van der Waals surface area contributed by atoms with Crippen molar-refractivity contribution >= 4 is 43.5 Å². The second-order valence-corrected chi connectivity index (χ2v) is 12.9. The van der Waals surface area contributed by atoms with Gasteiger partial charge in [0.1, 0.15) is 12.6 Å². The van der Waals surface area contributed by atoms with Crippen LogP contribution in [0.25, 0.3) is 0 Å². The molecular weight excluding hydrogens is 614 g/mol. The van der Waals surface area contributed by atoms with E-state index >= 15 is 0 Å². The first kappa shape index (κ1) is 31.0. The highest BCUT2D eigenvalue weighted by Gasteiger charge is 2.34. The van der Waals surface area contributed by atoms with Gasteiger partial charge in [-0.3, -0.25) is 13.9 Å². The minimum Gasteiger partial charge on any atom is -0.357 e. The smallest absolute Gasteiger partial charge is 0.264 e. The van der Waals surface area contributed by atoms with E-state index in [1.807, 2.05) is 74.5 Å². The molecule has 0 saturated carbocycles. The molecule has 7 nitrogen and oxygen atoms in total. The van der Waals surface area contributed by atoms with E-state index in [2.05, 4.69) is 21.2 Å². The van der Waals surface area contributed by atoms with Crippen molar-refractivity contribution in [2.45, 2.75) is 37.8 Å². The number of carbonyl (C=O) groups is 2. The highest BCUT2D eigenvalue weighted by Crippen LogP contribution is 2.26. The molecule has 2 amide bonds. The second kappa shape index (κ2) is 13.8. The standard InChI is InChI=1S/C33H34BrN3O4S/c1-24-15-17-30(18-16-24)42(40,41)37(29-14-7-9-25(2)19-29)23-32(38)36(22-27-12-8-13-28(34)20-27)31(33(39)35-3)21-26-10-5-4-6-11-26/h4-20,31H,21-23H2,1-3H3,(H,35,39)/t31-/m0/s1. The lowest BCUT2D eigenvalue weighted by molar-refractivity contribution is -0.139. The first-order valence-corrected chi connectivity index (χ1v) is 15.8. The summed E-state index contributed by atoms with van der Waals surface area (Å²) in [7, 11) is -2.60. The minimum absolute atomic E-state index is 0.0769. The average Bonchev–Trinajstić information content (AvgIpc) is 2.98. The molecular formula is C33H34BrN3O4S. The Bertz CT molecular complexity index is 1640. The van der Waals surface area contributed by atoms with Crippen molar-refractivity contribution in [1.82, 2.24) is 10.2 Å². The van der Waals surface area contributed by atoms with Crippen LogP contribution in [0.5, 0.6) is 0 Å². The summed E-state index contributed by atoms with van der Waals surface area (Å²) >= 11 is 3.49. The predicted octanol–water partition coefficient (Wildman–Crippen LogP) is 5.65. The number of hydrogen-bond donors (Lipinski definition) is 1. The number of sulfonamides is 1. The van der Waals surface area contributed by atoms with E-state index in [1.54, 1.807) is 42.5 Å². The van der Waals surface area contributed by atoms with Crippen molar-refractivity contribution in [2.24, 2.45) is 0 Å². The molecule has 218 valence electrons. The number of carbonyl (C=O) groups excluding carboxylic acids is 2. The summed E-state index contributed by atoms with van der Waals surface area (Å²) in [5.41, 5.74) is 3.80. The lowest BCUT2D eigenvalue weighted by Gasteiger charge is -2.33. The van der Waals surface area contributed by atoms with E-state index in [-0.39, 0.29) is 23.8 Å². The Labute approximate surface area is 256 Å². The SMILES string of the molecule is CNC(=O)[C@H](Cc1ccccc1)N(Cc1cccc(Br)c1)C(=O)CN(c1cccc(C)c1)S(=O)(=O)c1ccc(C)cc1. The number of anilines is 1. The summed E-state index contributed by atoms with van der Waals surface area (Å²) in [5, 5.41) is 2.70. The van der Waals surface area contributed by atoms with Crippen LogP contribution in [0.2, 0.25) is 0 Å². The van der Waals surface area contributed by atoms with Crippen molar-refractivity contribution in [3.05, 3.63) is 130 Å². The fourth-order valence-electron chi connectivity index (χ4n) is 4.70. The van der Waals surface area contributed by atoms with Crippen molar-refractivity contribution in [3.63, 3.8) is 0 Å². The van der Waals surface area contributed by atoms with Crippen LogP contribution in [0, 0.1) is 13.8 Å². The second-order valence-electron chi connectivity index (χ2n) is 10.1. The van der Waals surface area contributed by atoms with Crippen LogP contribution in [-0.4, -0.2) is 44.8 Å². The van der Waals surface area contributed by atoms with Gasteiger partial charge in [-0.05, 0) is 66.9 Å². The van der Waals surface area contributed by atoms with E-state index in [0.29, 0.717) is 5.69 Å². The average molecular weight is 649 g/mol. The number of rotatable bonds is 11. The maximum Gasteiger partial charge on any atom is 0.264 e. The molecule has 0 saturated heterocycles. The number of amides is 2. The van der Waals surface area contributed by atoms with Crippen LogP contribution in [-0.2, 0) is 32.6 Å². The quantitative estimate of drug-likeness (QED) is 0.228. The van der Waals surface area contributed by atoms with Gasteiger partial charge in [-0.15, -0.1) is 0 Å². The van der Waals surface area contributed by atoms with Crippen LogP contribution in [0.1, 0.15) is 22.3 Å². The number of hydrogen-bond acceptors (Lipinski definition) is 4. The Hall–Kier alpha value is -3.95. The van der Waals surface area contributed by atoms with Gasteiger partial charge >= 0.3 is 0 Å². The van der Waals surface area contributed by atoms with Crippen LogP contribution in [0.4, 0.5) is 5.69 Å². The fraction of sp³-hybridized carbons (Fsp3) is 0.212. The molecule has 0 radical (unpaired) electrons. The first-order valence-electron chi connectivity index (χ1n) is 13.5. The minimum atomic E-state index is -4.13. The molecule has 0 heterocycles. The van der Waals surface area contributed by atoms with Gasteiger partial charge in [0.05, 0.1) is 10.6 Å². The topological polar surface area (TPSA) is 86.8 Å². The van der Waals surface area contributed by atoms with Crippen LogP contribution >= 0.6 is 15.9 Å². The van der Waals surface area contributed by atoms with E-state index in [1.165, 1.54) is 11.9 Å². The summed E-state index contributed by atoms with van der Waals surface area (Å²) in [4.78, 5) is 29.2. The largest absolute Gasteiger partial charge is 0.357 e. The Kier molecular flexibility index (Phi) is 10.2. The highest BCUT2D eigenvalue weighted by atomic mass is 79.9. The van der Waals surface area contributed by atoms with Crippen molar-refractivity contribution in [1.29, 1.82) is 0 Å². The van der Waals surface area contributed by atoms with E-state index < -0.39 is 28.5 Å². The van der Waals surface area contributed by atoms with Crippen molar-refractivity contribution in [3.8, 4) is 0 Å². The molecule has 0 spiro atoms. The Morgan fingerprint density at radius 1 is 0.810 bits per heavy atom. The van der Waals surface area contributed by atoms with Gasteiger partial charge in [0.15, 0.2) is 0 Å². The molecule has 0 aliphatic heterocycles. The highest BCUT2D eigenvalue weighted by molar-refractivity contribution is 9.10. The molecule has 0 bridgehead atoms. The monoisotopic (exact) mass is 647 g/mol. The number of nitrogens with zero attached hydrogens (tertiary/aromatic N) is 2. The van der Waals surface area contributed by atoms with Crippen molar-refractivity contribution < 1.29 is 18.0 Å². The Balaban J connectivity index is 1.79. The zero-order valence-corrected chi connectivity index (χ0v) is 26.2. The number of likely N-dealkylation sites (N-methyl/N-ethyl adjacent to an activating group) is 1. The van der Waals surface area contributed by atoms with Gasteiger partial charge in [0.25, 0.3) is 10.0 Å². The van der Waals surface area contributed by atoms with Crippen LogP contribution in [0.3, 0.4) is 0 Å². The zero-order chi connectivity index (χ0) is 30.3. The molecule has 1 atom stereocenters. The third kappa shape index (κ3) is 7.66. The van der Waals surface area contributed by atoms with Gasteiger partial charge in [-0.25, -0.2) is 8.42 Å². The molecule has 0 aromatic heterocycles. The molecule has 1 N–H and O–H groups in total. The number of halogens is 1. The van der Waals surface area contributed by atoms with Gasteiger partial charge in [0, 0.05) is 24.5 Å². The third-order valence-corrected chi connectivity index (χ3v) is 9.22. The maximum absolute atomic E-state index is 14.3. The molecule has 0 fully saturated rings. The molecule has 0 unspecified atom stereocenters. The predicted molar refractivity (Wildman–Crippen MR) is 170 cm³/mol. The lowest BCUT2D eigenvalue weighted by atomic mass is 10.0. The maximum atomic E-state index is 14.3. The molecule has 4 rings (SSSR count). The molecule has 0 aliphatic carbocycles. The molecule has 4 aromatic rings. The molecule has 0 aliphatic rings. The Morgan fingerprint density at radius 2 is 1.48 bits per heavy atom. The number of benzene rings is 4. The summed E-state index contributed by atoms with van der Waals surface area (Å²) in [5.74, 6) is -0.845. The Morgan fingerprint density at radius 3 is 2.12 bits per heavy atom. The lowest BCUT2D eigenvalue weighted by Crippen LogP contribution is -2.53. The molecule has 4 aromatic carbocycles. The summed E-state index contributed by atoms with van der Waals surface area (Å²) in [6.07, 6.45) is 0.259. The van der Waals surface area contributed by atoms with Gasteiger partial charge in [-0.1, -0.05) is 88.2 Å². The van der Waals surface area contributed by atoms with Crippen molar-refractivity contribution in [2.75, 3.05) is 17.9 Å². The molecule has 9 heteroatoms. The van der Waals surface area contributed by atoms with Gasteiger partial charge in [-0.2, -0.15) is 0 Å². The molecule has 42 heavy (non-hydrogen) atoms. The third-order valence-electron chi connectivity index (χ3n) is 6.94. The number of nitrogens with one attached hydrogen (secondary N) is 1. The fourth-order valence-corrected chi connectivity index (χ4v) is 6.55. The first-order chi connectivity index (χ1) is 20.1. The van der Waals surface area contributed by atoms with Crippen LogP contribution < -0.4 is 9.62 Å². The van der Waals surface area contributed by atoms with Gasteiger partial charge < -0.3 is 10.2 Å². The zero-order valence-electron chi connectivity index (χ0n) is 23.8. The summed E-state index contributed by atoms with van der Waals surface area (Å²) < 4.78 is 30.0. The number of aryl methyl sites for hydroxylation is 2. The van der Waals surface area contributed by atoms with E-state index in [4.69, 9.17) is 0 Å². The van der Waals surface area contributed by atoms with Gasteiger partial charge in [0.2, 0.25) is 11.8 Å². The summed E-state index contributed by atoms with van der Waals surface area (Å²) in [6, 6.07) is 29.6. The van der Waals surface area contributed by atoms with E-state index in [0.717, 1.165) is 31.0 Å².